The molecule has 1 aromatic heterocycles. The van der Waals surface area contributed by atoms with Crippen LogP contribution in [0.15, 0.2) is 71.5 Å². The van der Waals surface area contributed by atoms with E-state index in [9.17, 15) is 9.59 Å². The minimum Gasteiger partial charge on any atom is -0.483 e. The van der Waals surface area contributed by atoms with Gasteiger partial charge < -0.3 is 25.3 Å². The van der Waals surface area contributed by atoms with Crippen LogP contribution >= 0.6 is 0 Å². The molecule has 0 spiro atoms. The van der Waals surface area contributed by atoms with Gasteiger partial charge in [0.25, 0.3) is 5.91 Å². The maximum atomic E-state index is 12.2. The highest BCUT2D eigenvalue weighted by Crippen LogP contribution is 2.21. The first-order chi connectivity index (χ1) is 14.6. The molecule has 4 aromatic rings. The number of aromatic amines is 2. The van der Waals surface area contributed by atoms with Gasteiger partial charge in [-0.25, -0.2) is 4.79 Å². The number of hydrogen-bond donors (Lipinski definition) is 4. The van der Waals surface area contributed by atoms with Crippen LogP contribution in [0.4, 0.5) is 11.4 Å². The summed E-state index contributed by atoms with van der Waals surface area (Å²) in [6.45, 7) is 2.42. The van der Waals surface area contributed by atoms with Crippen molar-refractivity contribution in [3.63, 3.8) is 0 Å². The van der Waals surface area contributed by atoms with Crippen LogP contribution in [-0.4, -0.2) is 22.5 Å². The Balaban J connectivity index is 1.37. The second kappa shape index (κ2) is 8.57. The van der Waals surface area contributed by atoms with Gasteiger partial charge >= 0.3 is 5.69 Å². The Morgan fingerprint density at radius 1 is 0.933 bits per heavy atom. The van der Waals surface area contributed by atoms with Crippen LogP contribution in [-0.2, 0) is 11.3 Å². The van der Waals surface area contributed by atoms with Crippen molar-refractivity contribution < 1.29 is 9.53 Å². The van der Waals surface area contributed by atoms with Gasteiger partial charge in [-0.05, 0) is 43.3 Å². The van der Waals surface area contributed by atoms with E-state index in [1.54, 1.807) is 0 Å². The maximum absolute atomic E-state index is 12.2. The minimum atomic E-state index is -0.232. The molecule has 7 nitrogen and oxygen atoms in total. The molecule has 7 heteroatoms. The van der Waals surface area contributed by atoms with E-state index in [0.717, 1.165) is 33.5 Å². The molecule has 0 unspecified atom stereocenters. The summed E-state index contributed by atoms with van der Waals surface area (Å²) in [5.41, 5.74) is 4.92. The fourth-order valence-electron chi connectivity index (χ4n) is 3.11. The van der Waals surface area contributed by atoms with Crippen LogP contribution in [0.25, 0.3) is 11.0 Å². The molecule has 0 atom stereocenters. The standard InChI is InChI=1S/C23H22N4O3/c1-15-6-8-17(9-7-15)25-22(28)14-30-21-5-3-2-4-16(21)13-24-18-10-11-19-20(12-18)27-23(29)26-19/h2-12,24H,13-14H2,1H3,(H,25,28)(H2,26,27,29). The third kappa shape index (κ3) is 4.70. The molecule has 0 saturated carbocycles. The van der Waals surface area contributed by atoms with Gasteiger partial charge in [0.05, 0.1) is 11.0 Å². The van der Waals surface area contributed by atoms with Crippen molar-refractivity contribution in [2.75, 3.05) is 17.2 Å². The van der Waals surface area contributed by atoms with Gasteiger partial charge in [0.2, 0.25) is 0 Å². The molecule has 0 bridgehead atoms. The van der Waals surface area contributed by atoms with Crippen molar-refractivity contribution in [3.8, 4) is 5.75 Å². The zero-order valence-electron chi connectivity index (χ0n) is 16.5. The number of hydrogen-bond acceptors (Lipinski definition) is 4. The van der Waals surface area contributed by atoms with E-state index in [1.165, 1.54) is 0 Å². The highest BCUT2D eigenvalue weighted by atomic mass is 16.5. The van der Waals surface area contributed by atoms with Crippen molar-refractivity contribution >= 4 is 28.3 Å². The monoisotopic (exact) mass is 402 g/mol. The number of anilines is 2. The van der Waals surface area contributed by atoms with Gasteiger partial charge in [0, 0.05) is 23.5 Å². The summed E-state index contributed by atoms with van der Waals surface area (Å²) in [5, 5.41) is 6.14. The number of fused-ring (bicyclic) bond motifs is 1. The number of para-hydroxylation sites is 1. The number of benzene rings is 3. The number of imidazole rings is 1. The molecular weight excluding hydrogens is 380 g/mol. The molecule has 3 aromatic carbocycles. The second-order valence-corrected chi connectivity index (χ2v) is 7.00. The molecule has 4 N–H and O–H groups in total. The molecule has 30 heavy (non-hydrogen) atoms. The Kier molecular flexibility index (Phi) is 5.52. The lowest BCUT2D eigenvalue weighted by atomic mass is 10.2. The van der Waals surface area contributed by atoms with Crippen LogP contribution in [0.2, 0.25) is 0 Å². The number of aryl methyl sites for hydroxylation is 1. The summed E-state index contributed by atoms with van der Waals surface area (Å²) >= 11 is 0. The number of carbonyl (C=O) groups is 1. The summed E-state index contributed by atoms with van der Waals surface area (Å²) in [6.07, 6.45) is 0. The van der Waals surface area contributed by atoms with E-state index >= 15 is 0 Å². The SMILES string of the molecule is Cc1ccc(NC(=O)COc2ccccc2CNc2ccc3[nH]c(=O)[nH]c3c2)cc1. The molecule has 152 valence electrons. The molecule has 1 amide bonds. The number of amides is 1. The van der Waals surface area contributed by atoms with Gasteiger partial charge in [-0.2, -0.15) is 0 Å². The molecule has 0 radical (unpaired) electrons. The van der Waals surface area contributed by atoms with Gasteiger partial charge in [-0.1, -0.05) is 35.9 Å². The van der Waals surface area contributed by atoms with Crippen molar-refractivity contribution in [2.24, 2.45) is 0 Å². The number of H-pyrrole nitrogens is 2. The van der Waals surface area contributed by atoms with E-state index in [-0.39, 0.29) is 18.2 Å². The minimum absolute atomic E-state index is 0.0819. The molecule has 0 aliphatic heterocycles. The number of carbonyl (C=O) groups excluding carboxylic acids is 1. The summed E-state index contributed by atoms with van der Waals surface area (Å²) in [7, 11) is 0. The molecule has 0 saturated heterocycles. The van der Waals surface area contributed by atoms with E-state index in [0.29, 0.717) is 12.3 Å². The predicted molar refractivity (Wildman–Crippen MR) is 118 cm³/mol. The molecule has 4 rings (SSSR count). The second-order valence-electron chi connectivity index (χ2n) is 7.00. The first-order valence-electron chi connectivity index (χ1n) is 9.60. The molecule has 0 fully saturated rings. The van der Waals surface area contributed by atoms with Crippen LogP contribution in [0, 0.1) is 6.92 Å². The third-order valence-electron chi connectivity index (χ3n) is 4.67. The van der Waals surface area contributed by atoms with Crippen molar-refractivity contribution in [3.05, 3.63) is 88.3 Å². The van der Waals surface area contributed by atoms with E-state index in [4.69, 9.17) is 4.74 Å². The average Bonchev–Trinajstić information content (AvgIpc) is 3.12. The zero-order valence-corrected chi connectivity index (χ0v) is 16.5. The summed E-state index contributed by atoms with van der Waals surface area (Å²) in [4.78, 5) is 29.1. The zero-order chi connectivity index (χ0) is 20.9. The van der Waals surface area contributed by atoms with E-state index < -0.39 is 0 Å². The summed E-state index contributed by atoms with van der Waals surface area (Å²) < 4.78 is 5.75. The quantitative estimate of drug-likeness (QED) is 0.378. The van der Waals surface area contributed by atoms with E-state index in [2.05, 4.69) is 20.6 Å². The fourth-order valence-corrected chi connectivity index (χ4v) is 3.11. The lowest BCUT2D eigenvalue weighted by Crippen LogP contribution is -2.20. The van der Waals surface area contributed by atoms with Crippen molar-refractivity contribution in [1.29, 1.82) is 0 Å². The van der Waals surface area contributed by atoms with Crippen LogP contribution < -0.4 is 21.1 Å². The molecular formula is C23H22N4O3. The summed E-state index contributed by atoms with van der Waals surface area (Å²) in [6, 6.07) is 20.8. The Morgan fingerprint density at radius 2 is 1.67 bits per heavy atom. The summed E-state index contributed by atoms with van der Waals surface area (Å²) in [5.74, 6) is 0.420. The lowest BCUT2D eigenvalue weighted by Gasteiger charge is -2.13. The predicted octanol–water partition coefficient (Wildman–Crippen LogP) is 3.79. The van der Waals surface area contributed by atoms with Gasteiger partial charge in [0.15, 0.2) is 6.61 Å². The topological polar surface area (TPSA) is 99.0 Å². The Bertz CT molecular complexity index is 1230. The highest BCUT2D eigenvalue weighted by molar-refractivity contribution is 5.91. The first-order valence-corrected chi connectivity index (χ1v) is 9.60. The largest absolute Gasteiger partial charge is 0.483 e. The Labute approximate surface area is 173 Å². The van der Waals surface area contributed by atoms with Crippen LogP contribution in [0.5, 0.6) is 5.75 Å². The lowest BCUT2D eigenvalue weighted by molar-refractivity contribution is -0.118. The Morgan fingerprint density at radius 3 is 2.50 bits per heavy atom. The number of ether oxygens (including phenoxy) is 1. The third-order valence-corrected chi connectivity index (χ3v) is 4.67. The van der Waals surface area contributed by atoms with Crippen LogP contribution in [0.3, 0.4) is 0 Å². The first kappa shape index (κ1) is 19.3. The number of aromatic nitrogens is 2. The average molecular weight is 402 g/mol. The Hall–Kier alpha value is -4.00. The van der Waals surface area contributed by atoms with Gasteiger partial charge in [-0.3, -0.25) is 4.79 Å². The van der Waals surface area contributed by atoms with E-state index in [1.807, 2.05) is 73.7 Å². The number of nitrogens with one attached hydrogen (secondary N) is 4. The maximum Gasteiger partial charge on any atom is 0.323 e. The number of rotatable bonds is 7. The van der Waals surface area contributed by atoms with Gasteiger partial charge in [-0.15, -0.1) is 0 Å². The molecule has 1 heterocycles. The smallest absolute Gasteiger partial charge is 0.323 e. The van der Waals surface area contributed by atoms with Crippen molar-refractivity contribution in [2.45, 2.75) is 13.5 Å². The molecule has 0 aliphatic carbocycles. The van der Waals surface area contributed by atoms with Crippen LogP contribution in [0.1, 0.15) is 11.1 Å². The van der Waals surface area contributed by atoms with Crippen molar-refractivity contribution in [1.82, 2.24) is 9.97 Å². The van der Waals surface area contributed by atoms with Gasteiger partial charge in [0.1, 0.15) is 5.75 Å². The molecule has 0 aliphatic rings. The highest BCUT2D eigenvalue weighted by Gasteiger charge is 2.08. The normalized spacial score (nSPS) is 10.7. The fraction of sp³-hybridized carbons (Fsp3) is 0.130.